The second kappa shape index (κ2) is 12.4. The summed E-state index contributed by atoms with van der Waals surface area (Å²) in [5.41, 5.74) is 1.60. The summed E-state index contributed by atoms with van der Waals surface area (Å²) in [5, 5.41) is 2.89. The molecule has 8 heteroatoms. The van der Waals surface area contributed by atoms with Crippen molar-refractivity contribution in [2.45, 2.75) is 32.6 Å². The normalized spacial score (nSPS) is 14.6. The zero-order valence-electron chi connectivity index (χ0n) is 18.8. The molecule has 3 rings (SSSR count). The van der Waals surface area contributed by atoms with Crippen molar-refractivity contribution >= 4 is 51.9 Å². The number of carbonyl (C=O) groups is 2. The highest BCUT2D eigenvalue weighted by atomic mass is 32.2. The number of amides is 2. The van der Waals surface area contributed by atoms with Gasteiger partial charge in [-0.2, -0.15) is 0 Å². The summed E-state index contributed by atoms with van der Waals surface area (Å²) in [6, 6.07) is 14.9. The molecule has 1 aliphatic heterocycles. The number of anilines is 1. The molecule has 0 saturated carbocycles. The van der Waals surface area contributed by atoms with E-state index in [0.717, 1.165) is 36.3 Å². The molecule has 1 aliphatic rings. The van der Waals surface area contributed by atoms with Gasteiger partial charge in [-0.15, -0.1) is 0 Å². The SMILES string of the molecule is CCOc1ccc(NC(=O)CCCCCN2C(=O)/C(=C/c3ccccc3OC)SC2=S)cc1. The Morgan fingerprint density at radius 3 is 2.61 bits per heavy atom. The molecule has 1 heterocycles. The van der Waals surface area contributed by atoms with E-state index in [-0.39, 0.29) is 11.8 Å². The van der Waals surface area contributed by atoms with E-state index in [0.29, 0.717) is 34.5 Å². The third kappa shape index (κ3) is 7.07. The maximum atomic E-state index is 12.8. The Balaban J connectivity index is 1.41. The first-order chi connectivity index (χ1) is 16.0. The number of benzene rings is 2. The Morgan fingerprint density at radius 2 is 1.88 bits per heavy atom. The van der Waals surface area contributed by atoms with Gasteiger partial charge in [0.25, 0.3) is 5.91 Å². The Morgan fingerprint density at radius 1 is 1.12 bits per heavy atom. The number of rotatable bonds is 11. The quantitative estimate of drug-likeness (QED) is 0.258. The fraction of sp³-hybridized carbons (Fsp3) is 0.320. The number of nitrogens with zero attached hydrogens (tertiary/aromatic N) is 1. The Labute approximate surface area is 204 Å². The Hall–Kier alpha value is -2.84. The molecule has 0 bridgehead atoms. The van der Waals surface area contributed by atoms with Gasteiger partial charge in [0.1, 0.15) is 15.8 Å². The van der Waals surface area contributed by atoms with Gasteiger partial charge < -0.3 is 14.8 Å². The van der Waals surface area contributed by atoms with E-state index >= 15 is 0 Å². The highest BCUT2D eigenvalue weighted by Crippen LogP contribution is 2.34. The topological polar surface area (TPSA) is 67.9 Å². The van der Waals surface area contributed by atoms with Crippen LogP contribution in [0.5, 0.6) is 11.5 Å². The lowest BCUT2D eigenvalue weighted by molar-refractivity contribution is -0.122. The van der Waals surface area contributed by atoms with Crippen LogP contribution in [0.1, 0.15) is 38.2 Å². The minimum absolute atomic E-state index is 0.0236. The third-order valence-electron chi connectivity index (χ3n) is 5.03. The van der Waals surface area contributed by atoms with Gasteiger partial charge in [0.05, 0.1) is 18.6 Å². The lowest BCUT2D eigenvalue weighted by Crippen LogP contribution is -2.29. The molecule has 0 spiro atoms. The Bertz CT molecular complexity index is 1020. The van der Waals surface area contributed by atoms with Crippen LogP contribution in [0.15, 0.2) is 53.4 Å². The largest absolute Gasteiger partial charge is 0.496 e. The van der Waals surface area contributed by atoms with E-state index < -0.39 is 0 Å². The zero-order chi connectivity index (χ0) is 23.6. The second-order valence-electron chi connectivity index (χ2n) is 7.39. The molecule has 2 aromatic rings. The van der Waals surface area contributed by atoms with E-state index in [9.17, 15) is 9.59 Å². The number of carbonyl (C=O) groups excluding carboxylic acids is 2. The number of ether oxygens (including phenoxy) is 2. The first kappa shape index (κ1) is 24.8. The van der Waals surface area contributed by atoms with E-state index in [1.165, 1.54) is 11.8 Å². The molecule has 1 N–H and O–H groups in total. The van der Waals surface area contributed by atoms with Gasteiger partial charge in [0.15, 0.2) is 0 Å². The van der Waals surface area contributed by atoms with Crippen molar-refractivity contribution in [1.29, 1.82) is 0 Å². The van der Waals surface area contributed by atoms with E-state index in [4.69, 9.17) is 21.7 Å². The number of unbranched alkanes of at least 4 members (excludes halogenated alkanes) is 2. The fourth-order valence-corrected chi connectivity index (χ4v) is 4.68. The molecule has 0 unspecified atom stereocenters. The molecule has 0 radical (unpaired) electrons. The van der Waals surface area contributed by atoms with Crippen LogP contribution in [-0.4, -0.2) is 41.3 Å². The van der Waals surface area contributed by atoms with Gasteiger partial charge in [-0.3, -0.25) is 14.5 Å². The monoisotopic (exact) mass is 484 g/mol. The summed E-state index contributed by atoms with van der Waals surface area (Å²) in [7, 11) is 1.61. The van der Waals surface area contributed by atoms with Crippen molar-refractivity contribution in [3.63, 3.8) is 0 Å². The van der Waals surface area contributed by atoms with Crippen molar-refractivity contribution in [3.05, 3.63) is 59.0 Å². The standard InChI is InChI=1S/C25H28N2O4S2/c1-3-31-20-14-12-19(13-15-20)26-23(28)11-5-4-8-16-27-24(29)22(33-25(27)32)17-18-9-6-7-10-21(18)30-2/h6-7,9-10,12-15,17H,3-5,8,11,16H2,1-2H3,(H,26,28)/b22-17-. The average molecular weight is 485 g/mol. The summed E-state index contributed by atoms with van der Waals surface area (Å²) in [4.78, 5) is 27.2. The van der Waals surface area contributed by atoms with Gasteiger partial charge in [-0.05, 0) is 56.2 Å². The van der Waals surface area contributed by atoms with Crippen LogP contribution in [0.2, 0.25) is 0 Å². The van der Waals surface area contributed by atoms with Crippen molar-refractivity contribution < 1.29 is 19.1 Å². The summed E-state index contributed by atoms with van der Waals surface area (Å²) in [6.07, 6.45) is 4.61. The molecular weight excluding hydrogens is 456 g/mol. The molecule has 0 atom stereocenters. The van der Waals surface area contributed by atoms with Gasteiger partial charge in [-0.1, -0.05) is 48.6 Å². The first-order valence-electron chi connectivity index (χ1n) is 10.9. The molecule has 2 aromatic carbocycles. The maximum absolute atomic E-state index is 12.8. The average Bonchev–Trinajstić information content (AvgIpc) is 3.08. The van der Waals surface area contributed by atoms with Gasteiger partial charge >= 0.3 is 0 Å². The number of thioether (sulfide) groups is 1. The summed E-state index contributed by atoms with van der Waals surface area (Å²) in [6.45, 7) is 3.09. The molecule has 0 aromatic heterocycles. The molecule has 1 saturated heterocycles. The van der Waals surface area contributed by atoms with Crippen LogP contribution in [0.4, 0.5) is 5.69 Å². The predicted octanol–water partition coefficient (Wildman–Crippen LogP) is 5.49. The number of hydrogen-bond acceptors (Lipinski definition) is 6. The van der Waals surface area contributed by atoms with Gasteiger partial charge in [0, 0.05) is 24.2 Å². The highest BCUT2D eigenvalue weighted by molar-refractivity contribution is 8.26. The van der Waals surface area contributed by atoms with Crippen LogP contribution in [0.3, 0.4) is 0 Å². The number of methoxy groups -OCH3 is 1. The smallest absolute Gasteiger partial charge is 0.266 e. The first-order valence-corrected chi connectivity index (χ1v) is 12.2. The summed E-state index contributed by atoms with van der Waals surface area (Å²) >= 11 is 6.72. The van der Waals surface area contributed by atoms with Crippen LogP contribution < -0.4 is 14.8 Å². The van der Waals surface area contributed by atoms with E-state index in [2.05, 4.69) is 5.32 Å². The number of hydrogen-bond donors (Lipinski definition) is 1. The maximum Gasteiger partial charge on any atom is 0.266 e. The van der Waals surface area contributed by atoms with Crippen LogP contribution in [0, 0.1) is 0 Å². The van der Waals surface area contributed by atoms with Crippen LogP contribution >= 0.6 is 24.0 Å². The van der Waals surface area contributed by atoms with Crippen molar-refractivity contribution in [2.24, 2.45) is 0 Å². The second-order valence-corrected chi connectivity index (χ2v) is 9.07. The number of thiocarbonyl (C=S) groups is 1. The van der Waals surface area contributed by atoms with Crippen molar-refractivity contribution in [3.8, 4) is 11.5 Å². The molecular formula is C25H28N2O4S2. The van der Waals surface area contributed by atoms with Crippen molar-refractivity contribution in [2.75, 3.05) is 25.6 Å². The Kier molecular flexibility index (Phi) is 9.33. The molecule has 1 fully saturated rings. The number of para-hydroxylation sites is 1. The van der Waals surface area contributed by atoms with Crippen LogP contribution in [0.25, 0.3) is 6.08 Å². The molecule has 6 nitrogen and oxygen atoms in total. The summed E-state index contributed by atoms with van der Waals surface area (Å²) in [5.74, 6) is 1.39. The lowest BCUT2D eigenvalue weighted by Gasteiger charge is -2.14. The fourth-order valence-electron chi connectivity index (χ4n) is 3.38. The summed E-state index contributed by atoms with van der Waals surface area (Å²) < 4.78 is 11.3. The number of nitrogens with one attached hydrogen (secondary N) is 1. The zero-order valence-corrected chi connectivity index (χ0v) is 20.5. The lowest BCUT2D eigenvalue weighted by atomic mass is 10.1. The minimum Gasteiger partial charge on any atom is -0.496 e. The minimum atomic E-state index is -0.0795. The van der Waals surface area contributed by atoms with E-state index in [1.807, 2.05) is 61.5 Å². The molecule has 33 heavy (non-hydrogen) atoms. The van der Waals surface area contributed by atoms with Gasteiger partial charge in [-0.25, -0.2) is 0 Å². The predicted molar refractivity (Wildman–Crippen MR) is 138 cm³/mol. The van der Waals surface area contributed by atoms with Crippen molar-refractivity contribution in [1.82, 2.24) is 4.90 Å². The van der Waals surface area contributed by atoms with E-state index in [1.54, 1.807) is 12.0 Å². The highest BCUT2D eigenvalue weighted by Gasteiger charge is 2.31. The molecule has 0 aliphatic carbocycles. The molecule has 2 amide bonds. The molecule has 174 valence electrons. The van der Waals surface area contributed by atoms with Crippen LogP contribution in [-0.2, 0) is 9.59 Å². The van der Waals surface area contributed by atoms with Gasteiger partial charge in [0.2, 0.25) is 5.91 Å². The third-order valence-corrected chi connectivity index (χ3v) is 6.41.